The molecule has 2 aliphatic heterocycles. The highest BCUT2D eigenvalue weighted by molar-refractivity contribution is 6.00. The average molecular weight is 372 g/mol. The summed E-state index contributed by atoms with van der Waals surface area (Å²) in [6.07, 6.45) is 2.98. The summed E-state index contributed by atoms with van der Waals surface area (Å²) in [4.78, 5) is 7.25. The Hall–Kier alpha value is -3.01. The van der Waals surface area contributed by atoms with Crippen LogP contribution in [0.3, 0.4) is 0 Å². The molecule has 142 valence electrons. The second-order valence-corrected chi connectivity index (χ2v) is 8.17. The zero-order valence-electron chi connectivity index (χ0n) is 16.4. The first-order chi connectivity index (χ1) is 13.5. The molecule has 1 atom stereocenters. The van der Waals surface area contributed by atoms with Gasteiger partial charge in [0.15, 0.2) is 0 Å². The van der Waals surface area contributed by atoms with Crippen LogP contribution >= 0.6 is 0 Å². The van der Waals surface area contributed by atoms with Crippen molar-refractivity contribution in [3.63, 3.8) is 0 Å². The molecule has 1 spiro atoms. The molecule has 0 aromatic heterocycles. The number of anilines is 1. The van der Waals surface area contributed by atoms with Crippen LogP contribution in [0.15, 0.2) is 59.6 Å². The van der Waals surface area contributed by atoms with E-state index in [1.165, 1.54) is 11.3 Å². The van der Waals surface area contributed by atoms with Crippen molar-refractivity contribution in [3.05, 3.63) is 60.2 Å². The number of rotatable bonds is 2. The van der Waals surface area contributed by atoms with E-state index in [1.807, 2.05) is 24.4 Å². The number of fused-ring (bicyclic) bond motifs is 4. The van der Waals surface area contributed by atoms with Crippen LogP contribution in [0.25, 0.3) is 10.8 Å². The molecule has 0 radical (unpaired) electrons. The maximum absolute atomic E-state index is 9.95. The Morgan fingerprint density at radius 2 is 1.86 bits per heavy atom. The summed E-state index contributed by atoms with van der Waals surface area (Å²) >= 11 is 0. The van der Waals surface area contributed by atoms with Gasteiger partial charge < -0.3 is 14.7 Å². The molecule has 3 aromatic carbocycles. The maximum Gasteiger partial charge on any atom is 0.228 e. The van der Waals surface area contributed by atoms with Crippen LogP contribution in [0.4, 0.5) is 11.4 Å². The van der Waals surface area contributed by atoms with E-state index < -0.39 is 5.72 Å². The molecule has 4 nitrogen and oxygen atoms in total. The van der Waals surface area contributed by atoms with Gasteiger partial charge in [0.2, 0.25) is 5.72 Å². The van der Waals surface area contributed by atoms with Crippen LogP contribution in [-0.2, 0) is 5.41 Å². The maximum atomic E-state index is 9.95. The number of hydrogen-bond acceptors (Lipinski definition) is 4. The Bertz CT molecular complexity index is 1120. The zero-order valence-corrected chi connectivity index (χ0v) is 16.4. The van der Waals surface area contributed by atoms with Gasteiger partial charge in [0.1, 0.15) is 17.2 Å². The van der Waals surface area contributed by atoms with Crippen molar-refractivity contribution >= 4 is 28.4 Å². The smallest absolute Gasteiger partial charge is 0.228 e. The molecule has 3 aromatic rings. The van der Waals surface area contributed by atoms with Gasteiger partial charge >= 0.3 is 0 Å². The van der Waals surface area contributed by atoms with E-state index in [2.05, 4.69) is 49.9 Å². The van der Waals surface area contributed by atoms with Gasteiger partial charge in [-0.25, -0.2) is 0 Å². The second-order valence-electron chi connectivity index (χ2n) is 8.17. The van der Waals surface area contributed by atoms with Gasteiger partial charge in [-0.05, 0) is 55.5 Å². The molecular formula is C24H24N2O2. The molecule has 2 heterocycles. The van der Waals surface area contributed by atoms with Crippen LogP contribution in [0.1, 0.15) is 32.8 Å². The third-order valence-corrected chi connectivity index (χ3v) is 6.19. The highest BCUT2D eigenvalue weighted by Crippen LogP contribution is 2.54. The van der Waals surface area contributed by atoms with E-state index in [-0.39, 0.29) is 11.2 Å². The fourth-order valence-electron chi connectivity index (χ4n) is 4.70. The van der Waals surface area contributed by atoms with Crippen molar-refractivity contribution in [2.24, 2.45) is 4.99 Å². The molecule has 1 N–H and O–H groups in total. The number of ether oxygens (including phenoxy) is 1. The molecule has 0 saturated heterocycles. The average Bonchev–Trinajstić information content (AvgIpc) is 2.87. The first kappa shape index (κ1) is 17.1. The lowest BCUT2D eigenvalue weighted by Crippen LogP contribution is -2.62. The summed E-state index contributed by atoms with van der Waals surface area (Å²) in [6, 6.07) is 17.9. The predicted molar refractivity (Wildman–Crippen MR) is 114 cm³/mol. The molecule has 0 bridgehead atoms. The predicted octanol–water partition coefficient (Wildman–Crippen LogP) is 5.54. The number of nitrogens with zero attached hydrogens (tertiary/aromatic N) is 2. The van der Waals surface area contributed by atoms with Crippen molar-refractivity contribution < 1.29 is 9.84 Å². The van der Waals surface area contributed by atoms with E-state index in [0.29, 0.717) is 0 Å². The van der Waals surface area contributed by atoms with Crippen LogP contribution in [0.2, 0.25) is 0 Å². The van der Waals surface area contributed by atoms with E-state index in [1.54, 1.807) is 12.1 Å². The molecular weight excluding hydrogens is 348 g/mol. The number of hydrogen-bond donors (Lipinski definition) is 1. The van der Waals surface area contributed by atoms with Gasteiger partial charge in [0, 0.05) is 17.6 Å². The fraction of sp³-hybridized carbons (Fsp3) is 0.292. The van der Waals surface area contributed by atoms with E-state index in [9.17, 15) is 5.11 Å². The minimum atomic E-state index is -0.676. The molecule has 0 amide bonds. The monoisotopic (exact) mass is 372 g/mol. The fourth-order valence-corrected chi connectivity index (χ4v) is 4.70. The summed E-state index contributed by atoms with van der Waals surface area (Å²) in [7, 11) is 0. The van der Waals surface area contributed by atoms with Gasteiger partial charge in [0.25, 0.3) is 0 Å². The molecule has 2 aliphatic rings. The van der Waals surface area contributed by atoms with Crippen LogP contribution in [0.5, 0.6) is 11.5 Å². The first-order valence-electron chi connectivity index (χ1n) is 9.85. The highest BCUT2D eigenvalue weighted by atomic mass is 16.5. The first-order valence-corrected chi connectivity index (χ1v) is 9.85. The Kier molecular flexibility index (Phi) is 3.51. The van der Waals surface area contributed by atoms with Gasteiger partial charge in [-0.2, -0.15) is 0 Å². The SMILES string of the molecule is CCCN1c2ccccc2C(C)(C)C12C=Nc1c(ccc3ccc(O)cc13)O2. The van der Waals surface area contributed by atoms with E-state index in [4.69, 9.17) is 9.73 Å². The zero-order chi connectivity index (χ0) is 19.5. The minimum Gasteiger partial charge on any atom is -0.508 e. The summed E-state index contributed by atoms with van der Waals surface area (Å²) in [6.45, 7) is 7.53. The summed E-state index contributed by atoms with van der Waals surface area (Å²) in [5.74, 6) is 0.986. The van der Waals surface area contributed by atoms with Crippen molar-refractivity contribution in [1.82, 2.24) is 0 Å². The summed E-state index contributed by atoms with van der Waals surface area (Å²) in [5.41, 5.74) is 2.32. The van der Waals surface area contributed by atoms with Crippen LogP contribution in [-0.4, -0.2) is 23.6 Å². The topological polar surface area (TPSA) is 45.1 Å². The molecule has 28 heavy (non-hydrogen) atoms. The van der Waals surface area contributed by atoms with Crippen molar-refractivity contribution in [2.45, 2.75) is 38.3 Å². The third kappa shape index (κ3) is 2.09. The number of benzene rings is 3. The summed E-state index contributed by atoms with van der Waals surface area (Å²) < 4.78 is 6.79. The lowest BCUT2D eigenvalue weighted by Gasteiger charge is -2.46. The molecule has 5 rings (SSSR count). The second kappa shape index (κ2) is 5.74. The Morgan fingerprint density at radius 3 is 2.68 bits per heavy atom. The largest absolute Gasteiger partial charge is 0.508 e. The van der Waals surface area contributed by atoms with Crippen LogP contribution < -0.4 is 9.64 Å². The Morgan fingerprint density at radius 1 is 1.07 bits per heavy atom. The third-order valence-electron chi connectivity index (χ3n) is 6.19. The quantitative estimate of drug-likeness (QED) is 0.642. The molecule has 0 saturated carbocycles. The number of phenolic OH excluding ortho intramolecular Hbond substituents is 1. The highest BCUT2D eigenvalue weighted by Gasteiger charge is 2.59. The lowest BCUT2D eigenvalue weighted by atomic mass is 9.77. The van der Waals surface area contributed by atoms with Gasteiger partial charge in [-0.15, -0.1) is 0 Å². The van der Waals surface area contributed by atoms with E-state index >= 15 is 0 Å². The number of para-hydroxylation sites is 1. The summed E-state index contributed by atoms with van der Waals surface area (Å²) in [5, 5.41) is 11.9. The standard InChI is InChI=1S/C24H24N2O2/c1-4-13-26-20-8-6-5-7-19(20)23(2,3)24(26)15-25-22-18-14-17(27)11-9-16(18)10-12-21(22)28-24/h5-12,14-15,27H,4,13H2,1-3H3. The molecule has 0 fully saturated rings. The van der Waals surface area contributed by atoms with Crippen molar-refractivity contribution in [1.29, 1.82) is 0 Å². The Balaban J connectivity index is 1.71. The minimum absolute atomic E-state index is 0.234. The van der Waals surface area contributed by atoms with Gasteiger partial charge in [-0.1, -0.05) is 37.3 Å². The van der Waals surface area contributed by atoms with Gasteiger partial charge in [-0.3, -0.25) is 4.99 Å². The van der Waals surface area contributed by atoms with Crippen LogP contribution in [0, 0.1) is 0 Å². The number of phenols is 1. The number of aliphatic imine (C=N–C) groups is 1. The molecule has 1 unspecified atom stereocenters. The Labute approximate surface area is 165 Å². The van der Waals surface area contributed by atoms with E-state index in [0.717, 1.165) is 35.2 Å². The van der Waals surface area contributed by atoms with Crippen molar-refractivity contribution in [2.75, 3.05) is 11.4 Å². The van der Waals surface area contributed by atoms with Gasteiger partial charge in [0.05, 0.1) is 11.6 Å². The van der Waals surface area contributed by atoms with Crippen molar-refractivity contribution in [3.8, 4) is 11.5 Å². The molecule has 4 heteroatoms. The lowest BCUT2D eigenvalue weighted by molar-refractivity contribution is 0.0778. The normalized spacial score (nSPS) is 21.6. The molecule has 0 aliphatic carbocycles. The number of aromatic hydroxyl groups is 1.